The van der Waals surface area contributed by atoms with Crippen molar-refractivity contribution in [3.8, 4) is 0 Å². The maximum Gasteiger partial charge on any atom is 0.132 e. The molecule has 1 aliphatic rings. The van der Waals surface area contributed by atoms with Crippen molar-refractivity contribution in [1.29, 1.82) is 0 Å². The van der Waals surface area contributed by atoms with Crippen LogP contribution in [0.25, 0.3) is 0 Å². The van der Waals surface area contributed by atoms with Crippen LogP contribution in [0, 0.1) is 18.6 Å². The molecule has 94 valence electrons. The van der Waals surface area contributed by atoms with E-state index < -0.39 is 11.6 Å². The van der Waals surface area contributed by atoms with Gasteiger partial charge in [0.25, 0.3) is 0 Å². The average molecular weight is 239 g/mol. The van der Waals surface area contributed by atoms with Gasteiger partial charge in [0.1, 0.15) is 11.6 Å². The Morgan fingerprint density at radius 1 is 1.12 bits per heavy atom. The Morgan fingerprint density at radius 2 is 1.82 bits per heavy atom. The van der Waals surface area contributed by atoms with Crippen LogP contribution >= 0.6 is 0 Å². The lowest BCUT2D eigenvalue weighted by atomic mass is 9.86. The molecule has 0 aromatic heterocycles. The van der Waals surface area contributed by atoms with Gasteiger partial charge >= 0.3 is 0 Å². The Labute approximate surface area is 101 Å². The lowest BCUT2D eigenvalue weighted by Gasteiger charge is -2.23. The first-order chi connectivity index (χ1) is 8.11. The lowest BCUT2D eigenvalue weighted by Crippen LogP contribution is -2.28. The van der Waals surface area contributed by atoms with Crippen LogP contribution in [0.1, 0.15) is 49.1 Å². The molecule has 17 heavy (non-hydrogen) atoms. The van der Waals surface area contributed by atoms with Crippen LogP contribution in [0.3, 0.4) is 0 Å². The number of halogens is 2. The quantitative estimate of drug-likeness (QED) is 0.744. The Bertz CT molecular complexity index is 403. The van der Waals surface area contributed by atoms with Crippen LogP contribution in [0.4, 0.5) is 8.78 Å². The fraction of sp³-hybridized carbons (Fsp3) is 0.571. The van der Waals surface area contributed by atoms with E-state index in [1.165, 1.54) is 12.1 Å². The topological polar surface area (TPSA) is 26.0 Å². The molecule has 0 bridgehead atoms. The van der Waals surface area contributed by atoms with Gasteiger partial charge in [0, 0.05) is 17.5 Å². The highest BCUT2D eigenvalue weighted by Crippen LogP contribution is 2.34. The van der Waals surface area contributed by atoms with E-state index in [4.69, 9.17) is 5.73 Å². The third kappa shape index (κ3) is 2.49. The first-order valence-electron chi connectivity index (χ1n) is 6.31. The van der Waals surface area contributed by atoms with Crippen LogP contribution in [0.2, 0.25) is 0 Å². The standard InChI is InChI=1S/C14H19F2N/c1-9-7-8-11(15)13(14(9)16)10-5-3-2-4-6-12(10)17/h7-8,10,12H,2-6,17H2,1H3. The Kier molecular flexibility index (Phi) is 3.77. The molecule has 0 saturated heterocycles. The third-order valence-corrected chi connectivity index (χ3v) is 3.76. The zero-order valence-corrected chi connectivity index (χ0v) is 10.2. The van der Waals surface area contributed by atoms with Gasteiger partial charge in [-0.1, -0.05) is 25.3 Å². The number of hydrogen-bond acceptors (Lipinski definition) is 1. The number of rotatable bonds is 1. The van der Waals surface area contributed by atoms with E-state index in [0.717, 1.165) is 32.1 Å². The molecule has 2 atom stereocenters. The van der Waals surface area contributed by atoms with E-state index in [2.05, 4.69) is 0 Å². The second-order valence-electron chi connectivity index (χ2n) is 5.00. The molecular formula is C14H19F2N. The van der Waals surface area contributed by atoms with Gasteiger partial charge in [-0.25, -0.2) is 8.78 Å². The zero-order valence-electron chi connectivity index (χ0n) is 10.2. The fourth-order valence-electron chi connectivity index (χ4n) is 2.71. The molecule has 2 unspecified atom stereocenters. The smallest absolute Gasteiger partial charge is 0.132 e. The number of hydrogen-bond donors (Lipinski definition) is 1. The van der Waals surface area contributed by atoms with Crippen molar-refractivity contribution in [2.24, 2.45) is 5.73 Å². The van der Waals surface area contributed by atoms with Crippen LogP contribution in [-0.2, 0) is 0 Å². The van der Waals surface area contributed by atoms with Crippen molar-refractivity contribution >= 4 is 0 Å². The van der Waals surface area contributed by atoms with Gasteiger partial charge in [0.05, 0.1) is 0 Å². The summed E-state index contributed by atoms with van der Waals surface area (Å²) in [6, 6.07) is 2.71. The summed E-state index contributed by atoms with van der Waals surface area (Å²) in [5.74, 6) is -1.03. The predicted molar refractivity (Wildman–Crippen MR) is 64.9 cm³/mol. The Morgan fingerprint density at radius 3 is 2.59 bits per heavy atom. The molecule has 1 aliphatic carbocycles. The summed E-state index contributed by atoms with van der Waals surface area (Å²) in [5, 5.41) is 0. The summed E-state index contributed by atoms with van der Waals surface area (Å²) in [6.45, 7) is 1.67. The SMILES string of the molecule is Cc1ccc(F)c(C2CCCCCC2N)c1F. The van der Waals surface area contributed by atoms with Gasteiger partial charge in [-0.15, -0.1) is 0 Å². The van der Waals surface area contributed by atoms with E-state index in [-0.39, 0.29) is 17.5 Å². The Hall–Kier alpha value is -0.960. The molecule has 1 nitrogen and oxygen atoms in total. The average Bonchev–Trinajstić information content (AvgIpc) is 2.50. The molecule has 1 aromatic carbocycles. The highest BCUT2D eigenvalue weighted by Gasteiger charge is 2.27. The largest absolute Gasteiger partial charge is 0.327 e. The van der Waals surface area contributed by atoms with Crippen LogP contribution < -0.4 is 5.73 Å². The van der Waals surface area contributed by atoms with Gasteiger partial charge in [-0.05, 0) is 31.4 Å². The minimum atomic E-state index is -0.449. The monoisotopic (exact) mass is 239 g/mol. The van der Waals surface area contributed by atoms with Gasteiger partial charge in [0.2, 0.25) is 0 Å². The van der Waals surface area contributed by atoms with Crippen molar-refractivity contribution in [1.82, 2.24) is 0 Å². The van der Waals surface area contributed by atoms with Gasteiger partial charge in [-0.2, -0.15) is 0 Å². The maximum atomic E-state index is 14.1. The summed E-state index contributed by atoms with van der Waals surface area (Å²) in [5.41, 5.74) is 6.77. The van der Waals surface area contributed by atoms with E-state index >= 15 is 0 Å². The van der Waals surface area contributed by atoms with Crippen molar-refractivity contribution in [3.63, 3.8) is 0 Å². The van der Waals surface area contributed by atoms with Gasteiger partial charge < -0.3 is 5.73 Å². The second kappa shape index (κ2) is 5.13. The first kappa shape index (κ1) is 12.5. The molecule has 0 amide bonds. The highest BCUT2D eigenvalue weighted by molar-refractivity contribution is 5.30. The van der Waals surface area contributed by atoms with E-state index in [9.17, 15) is 8.78 Å². The molecule has 0 spiro atoms. The molecule has 2 rings (SSSR count). The normalized spacial score (nSPS) is 25.6. The van der Waals surface area contributed by atoms with Gasteiger partial charge in [-0.3, -0.25) is 0 Å². The molecule has 0 heterocycles. The highest BCUT2D eigenvalue weighted by atomic mass is 19.1. The first-order valence-corrected chi connectivity index (χ1v) is 6.31. The molecule has 3 heteroatoms. The summed E-state index contributed by atoms with van der Waals surface area (Å²) < 4.78 is 27.9. The number of aryl methyl sites for hydroxylation is 1. The summed E-state index contributed by atoms with van der Waals surface area (Å²) in [4.78, 5) is 0. The van der Waals surface area contributed by atoms with E-state index in [0.29, 0.717) is 5.56 Å². The van der Waals surface area contributed by atoms with E-state index in [1.54, 1.807) is 6.92 Å². The molecule has 2 N–H and O–H groups in total. The summed E-state index contributed by atoms with van der Waals surface area (Å²) in [6.07, 6.45) is 4.83. The lowest BCUT2D eigenvalue weighted by molar-refractivity contribution is 0.450. The second-order valence-corrected chi connectivity index (χ2v) is 5.00. The minimum absolute atomic E-state index is 0.122. The number of nitrogens with two attached hydrogens (primary N) is 1. The van der Waals surface area contributed by atoms with Gasteiger partial charge in [0.15, 0.2) is 0 Å². The van der Waals surface area contributed by atoms with Crippen molar-refractivity contribution in [2.45, 2.75) is 51.0 Å². The van der Waals surface area contributed by atoms with Crippen LogP contribution in [0.5, 0.6) is 0 Å². The molecule has 1 aromatic rings. The van der Waals surface area contributed by atoms with Crippen LogP contribution in [0.15, 0.2) is 12.1 Å². The van der Waals surface area contributed by atoms with E-state index in [1.807, 2.05) is 0 Å². The third-order valence-electron chi connectivity index (χ3n) is 3.76. The molecule has 1 fully saturated rings. The van der Waals surface area contributed by atoms with Crippen LogP contribution in [-0.4, -0.2) is 6.04 Å². The zero-order chi connectivity index (χ0) is 12.4. The van der Waals surface area contributed by atoms with Crippen molar-refractivity contribution in [3.05, 3.63) is 34.9 Å². The fourth-order valence-corrected chi connectivity index (χ4v) is 2.71. The summed E-state index contributed by atoms with van der Waals surface area (Å²) in [7, 11) is 0. The Balaban J connectivity index is 2.40. The minimum Gasteiger partial charge on any atom is -0.327 e. The molecule has 0 radical (unpaired) electrons. The van der Waals surface area contributed by atoms with Crippen molar-refractivity contribution < 1.29 is 8.78 Å². The summed E-state index contributed by atoms with van der Waals surface area (Å²) >= 11 is 0. The maximum absolute atomic E-state index is 14.1. The number of benzene rings is 1. The van der Waals surface area contributed by atoms with Crippen molar-refractivity contribution in [2.75, 3.05) is 0 Å². The molecule has 1 saturated carbocycles. The predicted octanol–water partition coefficient (Wildman–Crippen LogP) is 3.65. The molecule has 0 aliphatic heterocycles. The molecular weight excluding hydrogens is 220 g/mol.